The Balaban J connectivity index is 2.03. The number of pyridine rings is 1. The zero-order valence-corrected chi connectivity index (χ0v) is 10.7. The first-order valence-corrected chi connectivity index (χ1v) is 6.11. The molecular weight excluding hydrogens is 228 g/mol. The van der Waals surface area contributed by atoms with Gasteiger partial charge in [0.2, 0.25) is 5.88 Å². The predicted molar refractivity (Wildman–Crippen MR) is 69.4 cm³/mol. The van der Waals surface area contributed by atoms with Crippen LogP contribution in [-0.4, -0.2) is 14.8 Å². The van der Waals surface area contributed by atoms with Crippen LogP contribution in [0, 0.1) is 0 Å². The van der Waals surface area contributed by atoms with Gasteiger partial charge < -0.3 is 10.5 Å². The molecule has 2 rings (SSSR count). The maximum absolute atomic E-state index is 5.76. The molecule has 0 radical (unpaired) electrons. The molecule has 2 heterocycles. The van der Waals surface area contributed by atoms with Crippen LogP contribution in [0.1, 0.15) is 31.9 Å². The van der Waals surface area contributed by atoms with Gasteiger partial charge in [0.25, 0.3) is 0 Å². The van der Waals surface area contributed by atoms with Crippen molar-refractivity contribution in [3.63, 3.8) is 0 Å². The molecule has 0 bridgehead atoms. The van der Waals surface area contributed by atoms with Gasteiger partial charge in [0, 0.05) is 24.8 Å². The second-order valence-corrected chi connectivity index (χ2v) is 4.26. The Hall–Kier alpha value is -1.88. The van der Waals surface area contributed by atoms with Crippen molar-refractivity contribution in [3.8, 4) is 11.6 Å². The second-order valence-electron chi connectivity index (χ2n) is 4.26. The van der Waals surface area contributed by atoms with Crippen LogP contribution in [0.4, 0.5) is 0 Å². The minimum absolute atomic E-state index is 0.0149. The highest BCUT2D eigenvalue weighted by Crippen LogP contribution is 2.19. The number of hydrogen-bond donors (Lipinski definition) is 1. The minimum Gasteiger partial charge on any atom is -0.436 e. The lowest BCUT2D eigenvalue weighted by atomic mass is 10.2. The smallest absolute Gasteiger partial charge is 0.219 e. The van der Waals surface area contributed by atoms with Crippen LogP contribution in [0.2, 0.25) is 0 Å². The Morgan fingerprint density at radius 1 is 1.39 bits per heavy atom. The zero-order chi connectivity index (χ0) is 13.0. The molecule has 0 fully saturated rings. The first-order valence-electron chi connectivity index (χ1n) is 6.11. The van der Waals surface area contributed by atoms with Gasteiger partial charge in [0.1, 0.15) is 0 Å². The van der Waals surface area contributed by atoms with Crippen molar-refractivity contribution in [1.29, 1.82) is 0 Å². The summed E-state index contributed by atoms with van der Waals surface area (Å²) < 4.78 is 7.46. The van der Waals surface area contributed by atoms with E-state index in [0.29, 0.717) is 11.6 Å². The monoisotopic (exact) mass is 246 g/mol. The maximum atomic E-state index is 5.76. The Labute approximate surface area is 107 Å². The van der Waals surface area contributed by atoms with E-state index in [-0.39, 0.29) is 6.04 Å². The second kappa shape index (κ2) is 5.64. The van der Waals surface area contributed by atoms with Crippen LogP contribution in [0.25, 0.3) is 0 Å². The summed E-state index contributed by atoms with van der Waals surface area (Å²) in [6.45, 7) is 4.92. The van der Waals surface area contributed by atoms with Crippen LogP contribution >= 0.6 is 0 Å². The molecule has 2 aromatic heterocycles. The lowest BCUT2D eigenvalue weighted by molar-refractivity contribution is 0.460. The third kappa shape index (κ3) is 3.07. The van der Waals surface area contributed by atoms with Crippen molar-refractivity contribution in [2.75, 3.05) is 0 Å². The van der Waals surface area contributed by atoms with E-state index < -0.39 is 0 Å². The average molecular weight is 246 g/mol. The van der Waals surface area contributed by atoms with E-state index in [0.717, 1.165) is 18.5 Å². The summed E-state index contributed by atoms with van der Waals surface area (Å²) in [5, 5.41) is 4.19. The Morgan fingerprint density at radius 3 is 2.83 bits per heavy atom. The topological polar surface area (TPSA) is 66.0 Å². The molecule has 0 saturated heterocycles. The number of nitrogens with zero attached hydrogens (tertiary/aromatic N) is 3. The highest BCUT2D eigenvalue weighted by atomic mass is 16.5. The molecule has 0 aliphatic carbocycles. The van der Waals surface area contributed by atoms with Gasteiger partial charge >= 0.3 is 0 Å². The van der Waals surface area contributed by atoms with Gasteiger partial charge in [-0.1, -0.05) is 13.0 Å². The van der Waals surface area contributed by atoms with Gasteiger partial charge in [-0.05, 0) is 18.9 Å². The van der Waals surface area contributed by atoms with E-state index in [9.17, 15) is 0 Å². The molecule has 18 heavy (non-hydrogen) atoms. The normalized spacial score (nSPS) is 12.4. The van der Waals surface area contributed by atoms with Gasteiger partial charge in [-0.15, -0.1) is 0 Å². The maximum Gasteiger partial charge on any atom is 0.219 e. The van der Waals surface area contributed by atoms with E-state index in [1.165, 1.54) is 0 Å². The third-order valence-electron chi connectivity index (χ3n) is 2.57. The summed E-state index contributed by atoms with van der Waals surface area (Å²) in [7, 11) is 0. The van der Waals surface area contributed by atoms with Crippen LogP contribution in [-0.2, 0) is 6.54 Å². The molecule has 5 heteroatoms. The molecule has 0 amide bonds. The minimum atomic E-state index is -0.0149. The van der Waals surface area contributed by atoms with Crippen LogP contribution in [0.5, 0.6) is 11.6 Å². The number of ether oxygens (including phenoxy) is 1. The number of nitrogens with two attached hydrogens (primary N) is 1. The van der Waals surface area contributed by atoms with Crippen molar-refractivity contribution < 1.29 is 4.74 Å². The Kier molecular flexibility index (Phi) is 3.94. The van der Waals surface area contributed by atoms with Crippen molar-refractivity contribution >= 4 is 0 Å². The summed E-state index contributed by atoms with van der Waals surface area (Å²) >= 11 is 0. The molecule has 0 aliphatic rings. The van der Waals surface area contributed by atoms with Gasteiger partial charge in [0.05, 0.1) is 12.4 Å². The summed E-state index contributed by atoms with van der Waals surface area (Å²) in [6.07, 6.45) is 6.33. The predicted octanol–water partition coefficient (Wildman–Crippen LogP) is 2.50. The standard InChI is InChI=1S/C13H18N4O/c1-3-6-17-9-12(8-16-17)18-13-5-4-11(7-15-13)10(2)14/h4-5,7-10H,3,6,14H2,1-2H3/t10-/m1/s1. The fraction of sp³-hybridized carbons (Fsp3) is 0.385. The van der Waals surface area contributed by atoms with Gasteiger partial charge in [0.15, 0.2) is 5.75 Å². The van der Waals surface area contributed by atoms with Crippen LogP contribution in [0.3, 0.4) is 0 Å². The third-order valence-corrected chi connectivity index (χ3v) is 2.57. The van der Waals surface area contributed by atoms with Crippen molar-refractivity contribution in [2.24, 2.45) is 5.73 Å². The first-order chi connectivity index (χ1) is 8.69. The fourth-order valence-corrected chi connectivity index (χ4v) is 1.59. The van der Waals surface area contributed by atoms with Crippen LogP contribution < -0.4 is 10.5 Å². The zero-order valence-electron chi connectivity index (χ0n) is 10.7. The van der Waals surface area contributed by atoms with E-state index in [2.05, 4.69) is 17.0 Å². The number of aromatic nitrogens is 3. The largest absolute Gasteiger partial charge is 0.436 e. The summed E-state index contributed by atoms with van der Waals surface area (Å²) in [5.74, 6) is 1.25. The fourth-order valence-electron chi connectivity index (χ4n) is 1.59. The van der Waals surface area contributed by atoms with Crippen LogP contribution in [0.15, 0.2) is 30.7 Å². The van der Waals surface area contributed by atoms with E-state index >= 15 is 0 Å². The highest BCUT2D eigenvalue weighted by molar-refractivity contribution is 5.24. The molecule has 0 spiro atoms. The van der Waals surface area contributed by atoms with E-state index in [1.807, 2.05) is 29.9 Å². The number of rotatable bonds is 5. The molecule has 0 aromatic carbocycles. The molecular formula is C13H18N4O. The molecule has 0 unspecified atom stereocenters. The highest BCUT2D eigenvalue weighted by Gasteiger charge is 2.04. The molecule has 96 valence electrons. The van der Waals surface area contributed by atoms with Crippen molar-refractivity contribution in [3.05, 3.63) is 36.3 Å². The molecule has 2 N–H and O–H groups in total. The van der Waals surface area contributed by atoms with Gasteiger partial charge in [-0.3, -0.25) is 4.68 Å². The molecule has 0 aliphatic heterocycles. The summed E-state index contributed by atoms with van der Waals surface area (Å²) in [6, 6.07) is 3.72. The SMILES string of the molecule is CCCn1cc(Oc2ccc([C@@H](C)N)cn2)cn1. The molecule has 0 saturated carbocycles. The number of hydrogen-bond acceptors (Lipinski definition) is 4. The summed E-state index contributed by atoms with van der Waals surface area (Å²) in [5.41, 5.74) is 6.75. The first kappa shape index (κ1) is 12.6. The molecule has 5 nitrogen and oxygen atoms in total. The molecule has 1 atom stereocenters. The number of aryl methyl sites for hydroxylation is 1. The Morgan fingerprint density at radius 2 is 2.22 bits per heavy atom. The average Bonchev–Trinajstić information content (AvgIpc) is 2.78. The van der Waals surface area contributed by atoms with Crippen molar-refractivity contribution in [2.45, 2.75) is 32.9 Å². The molecule has 2 aromatic rings. The van der Waals surface area contributed by atoms with E-state index in [4.69, 9.17) is 10.5 Å². The van der Waals surface area contributed by atoms with E-state index in [1.54, 1.807) is 12.4 Å². The lowest BCUT2D eigenvalue weighted by Gasteiger charge is -2.06. The van der Waals surface area contributed by atoms with Crippen molar-refractivity contribution in [1.82, 2.24) is 14.8 Å². The Bertz CT molecular complexity index is 490. The quantitative estimate of drug-likeness (QED) is 0.880. The summed E-state index contributed by atoms with van der Waals surface area (Å²) in [4.78, 5) is 4.21. The van der Waals surface area contributed by atoms with Gasteiger partial charge in [-0.25, -0.2) is 4.98 Å². The van der Waals surface area contributed by atoms with Gasteiger partial charge in [-0.2, -0.15) is 5.10 Å². The lowest BCUT2D eigenvalue weighted by Crippen LogP contribution is -2.05.